The summed E-state index contributed by atoms with van der Waals surface area (Å²) >= 11 is 10.8. The molecule has 0 atom stereocenters. The summed E-state index contributed by atoms with van der Waals surface area (Å²) in [7, 11) is -3.78. The summed E-state index contributed by atoms with van der Waals surface area (Å²) in [5, 5.41) is 0.171. The second-order valence-corrected chi connectivity index (χ2v) is 6.27. The Morgan fingerprint density at radius 1 is 1.30 bits per heavy atom. The lowest BCUT2D eigenvalue weighted by atomic mass is 10.2. The number of benzene rings is 1. The van der Waals surface area contributed by atoms with Gasteiger partial charge in [0.05, 0.1) is 28.0 Å². The Hall–Kier alpha value is -1.77. The quantitative estimate of drug-likeness (QED) is 0.827. The van der Waals surface area contributed by atoms with Gasteiger partial charge in [-0.2, -0.15) is 0 Å². The largest absolute Gasteiger partial charge is 0.389 e. The van der Waals surface area contributed by atoms with E-state index >= 15 is 0 Å². The third-order valence-electron chi connectivity index (χ3n) is 2.33. The minimum Gasteiger partial charge on any atom is -0.389 e. The normalized spacial score (nSPS) is 11.1. The van der Waals surface area contributed by atoms with Gasteiger partial charge >= 0.3 is 0 Å². The molecule has 0 saturated carbocycles. The molecule has 6 nitrogen and oxygen atoms in total. The zero-order valence-corrected chi connectivity index (χ0v) is 12.3. The van der Waals surface area contributed by atoms with E-state index in [4.69, 9.17) is 29.6 Å². The first kappa shape index (κ1) is 14.6. The molecule has 1 aromatic heterocycles. The van der Waals surface area contributed by atoms with Crippen LogP contribution in [0, 0.1) is 0 Å². The number of nitrogens with one attached hydrogen (secondary N) is 1. The zero-order chi connectivity index (χ0) is 14.8. The van der Waals surface area contributed by atoms with Crippen molar-refractivity contribution in [3.8, 4) is 0 Å². The lowest BCUT2D eigenvalue weighted by Gasteiger charge is -2.09. The predicted octanol–water partition coefficient (Wildman–Crippen LogP) is 1.57. The molecular weight excluding hydrogens is 320 g/mol. The van der Waals surface area contributed by atoms with E-state index in [1.165, 1.54) is 36.9 Å². The monoisotopic (exact) mass is 328 g/mol. The standard InChI is InChI=1S/C11H9ClN4O2S2/c12-10-3-8(1-2-9(10)11(13)19)20(17,18)16-7-4-14-6-15-5-7/h1-6,16H,(H2,13,19). The topological polar surface area (TPSA) is 98.0 Å². The molecule has 0 aliphatic rings. The summed E-state index contributed by atoms with van der Waals surface area (Å²) in [5.41, 5.74) is 6.13. The Bertz CT molecular complexity index is 750. The van der Waals surface area contributed by atoms with Gasteiger partial charge in [-0.1, -0.05) is 23.8 Å². The van der Waals surface area contributed by atoms with E-state index in [-0.39, 0.29) is 20.6 Å². The van der Waals surface area contributed by atoms with Crippen LogP contribution in [0.5, 0.6) is 0 Å². The molecule has 3 N–H and O–H groups in total. The van der Waals surface area contributed by atoms with Crippen LogP contribution in [0.3, 0.4) is 0 Å². The van der Waals surface area contributed by atoms with Crippen LogP contribution in [-0.4, -0.2) is 23.4 Å². The molecule has 2 rings (SSSR count). The van der Waals surface area contributed by atoms with Gasteiger partial charge < -0.3 is 5.73 Å². The second-order valence-electron chi connectivity index (χ2n) is 3.74. The van der Waals surface area contributed by atoms with Crippen molar-refractivity contribution in [3.63, 3.8) is 0 Å². The zero-order valence-electron chi connectivity index (χ0n) is 9.95. The SMILES string of the molecule is NC(=S)c1ccc(S(=O)(=O)Nc2cncnc2)cc1Cl. The summed E-state index contributed by atoms with van der Waals surface area (Å²) in [6.07, 6.45) is 3.98. The molecule has 0 spiro atoms. The molecule has 20 heavy (non-hydrogen) atoms. The highest BCUT2D eigenvalue weighted by atomic mass is 35.5. The van der Waals surface area contributed by atoms with Crippen LogP contribution in [0.4, 0.5) is 5.69 Å². The molecule has 0 radical (unpaired) electrons. The average Bonchev–Trinajstić information content (AvgIpc) is 2.38. The highest BCUT2D eigenvalue weighted by molar-refractivity contribution is 7.92. The van der Waals surface area contributed by atoms with Crippen LogP contribution in [0.2, 0.25) is 5.02 Å². The van der Waals surface area contributed by atoms with Gasteiger partial charge in [-0.05, 0) is 18.2 Å². The van der Waals surface area contributed by atoms with Gasteiger partial charge in [-0.15, -0.1) is 0 Å². The van der Waals surface area contributed by atoms with Crippen molar-refractivity contribution in [3.05, 3.63) is 47.5 Å². The van der Waals surface area contributed by atoms with Gasteiger partial charge in [-0.3, -0.25) is 4.72 Å². The van der Waals surface area contributed by atoms with Crippen LogP contribution in [0.1, 0.15) is 5.56 Å². The molecule has 0 aliphatic carbocycles. The smallest absolute Gasteiger partial charge is 0.262 e. The van der Waals surface area contributed by atoms with Crippen molar-refractivity contribution in [2.24, 2.45) is 5.73 Å². The van der Waals surface area contributed by atoms with Gasteiger partial charge in [0.2, 0.25) is 0 Å². The summed E-state index contributed by atoms with van der Waals surface area (Å²) < 4.78 is 26.6. The average molecular weight is 329 g/mol. The number of halogens is 1. The number of rotatable bonds is 4. The minimum atomic E-state index is -3.78. The van der Waals surface area contributed by atoms with E-state index in [0.29, 0.717) is 5.56 Å². The summed E-state index contributed by atoms with van der Waals surface area (Å²) in [6, 6.07) is 4.11. The highest BCUT2D eigenvalue weighted by Gasteiger charge is 2.16. The van der Waals surface area contributed by atoms with E-state index < -0.39 is 10.0 Å². The fraction of sp³-hybridized carbons (Fsp3) is 0. The third-order valence-corrected chi connectivity index (χ3v) is 4.24. The maximum absolute atomic E-state index is 12.1. The highest BCUT2D eigenvalue weighted by Crippen LogP contribution is 2.22. The molecule has 9 heteroatoms. The molecule has 104 valence electrons. The molecule has 1 heterocycles. The number of aromatic nitrogens is 2. The summed E-state index contributed by atoms with van der Waals surface area (Å²) in [4.78, 5) is 7.53. The van der Waals surface area contributed by atoms with Crippen LogP contribution in [-0.2, 0) is 10.0 Å². The van der Waals surface area contributed by atoms with Crippen molar-refractivity contribution in [2.45, 2.75) is 4.90 Å². The van der Waals surface area contributed by atoms with Crippen LogP contribution >= 0.6 is 23.8 Å². The number of nitrogens with zero attached hydrogens (tertiary/aromatic N) is 2. The van der Waals surface area contributed by atoms with Crippen molar-refractivity contribution >= 4 is 44.5 Å². The van der Waals surface area contributed by atoms with Crippen LogP contribution in [0.25, 0.3) is 0 Å². The van der Waals surface area contributed by atoms with Crippen molar-refractivity contribution in [1.82, 2.24) is 9.97 Å². The third kappa shape index (κ3) is 3.21. The van der Waals surface area contributed by atoms with E-state index in [1.807, 2.05) is 0 Å². The van der Waals surface area contributed by atoms with Gasteiger partial charge in [0.1, 0.15) is 11.3 Å². The van der Waals surface area contributed by atoms with Crippen LogP contribution < -0.4 is 10.5 Å². The summed E-state index contributed by atoms with van der Waals surface area (Å²) in [5.74, 6) is 0. The minimum absolute atomic E-state index is 0.00801. The van der Waals surface area contributed by atoms with Crippen molar-refractivity contribution in [2.75, 3.05) is 4.72 Å². The first-order valence-electron chi connectivity index (χ1n) is 5.27. The number of hydrogen-bond acceptors (Lipinski definition) is 5. The number of anilines is 1. The van der Waals surface area contributed by atoms with Crippen molar-refractivity contribution < 1.29 is 8.42 Å². The fourth-order valence-corrected chi connectivity index (χ4v) is 3.06. The van der Waals surface area contributed by atoms with Gasteiger partial charge in [-0.25, -0.2) is 18.4 Å². The van der Waals surface area contributed by atoms with Gasteiger partial charge in [0.25, 0.3) is 10.0 Å². The van der Waals surface area contributed by atoms with Crippen molar-refractivity contribution in [1.29, 1.82) is 0 Å². The number of thiocarbonyl (C=S) groups is 1. The number of nitrogens with two attached hydrogens (primary N) is 1. The Morgan fingerprint density at radius 3 is 2.50 bits per heavy atom. The molecule has 0 amide bonds. The molecule has 0 unspecified atom stereocenters. The molecular formula is C11H9ClN4O2S2. The van der Waals surface area contributed by atoms with E-state index in [2.05, 4.69) is 14.7 Å². The molecule has 0 bridgehead atoms. The maximum atomic E-state index is 12.1. The Labute approximate surface area is 126 Å². The molecule has 2 aromatic rings. The first-order chi connectivity index (χ1) is 9.40. The van der Waals surface area contributed by atoms with Gasteiger partial charge in [0, 0.05) is 5.56 Å². The van der Waals surface area contributed by atoms with E-state index in [0.717, 1.165) is 0 Å². The predicted molar refractivity (Wildman–Crippen MR) is 80.2 cm³/mol. The maximum Gasteiger partial charge on any atom is 0.262 e. The molecule has 1 aromatic carbocycles. The second kappa shape index (κ2) is 5.70. The summed E-state index contributed by atoms with van der Waals surface area (Å²) in [6.45, 7) is 0. The number of hydrogen-bond donors (Lipinski definition) is 2. The number of sulfonamides is 1. The van der Waals surface area contributed by atoms with E-state index in [9.17, 15) is 8.42 Å². The lowest BCUT2D eigenvalue weighted by molar-refractivity contribution is 0.601. The van der Waals surface area contributed by atoms with Crippen LogP contribution in [0.15, 0.2) is 41.8 Å². The van der Waals surface area contributed by atoms with E-state index in [1.54, 1.807) is 0 Å². The lowest BCUT2D eigenvalue weighted by Crippen LogP contribution is -2.15. The first-order valence-corrected chi connectivity index (χ1v) is 7.54. The Balaban J connectivity index is 2.35. The molecule has 0 saturated heterocycles. The molecule has 0 fully saturated rings. The van der Waals surface area contributed by atoms with Gasteiger partial charge in [0.15, 0.2) is 0 Å². The Morgan fingerprint density at radius 2 is 1.95 bits per heavy atom. The molecule has 0 aliphatic heterocycles. The Kier molecular flexibility index (Phi) is 4.17. The fourth-order valence-electron chi connectivity index (χ4n) is 1.43.